The number of carbonyl (C=O) groups excluding carboxylic acids is 1. The number of amides is 1. The summed E-state index contributed by atoms with van der Waals surface area (Å²) < 4.78 is 16.3. The lowest BCUT2D eigenvalue weighted by atomic mass is 9.87. The Morgan fingerprint density at radius 1 is 0.966 bits per heavy atom. The molecule has 0 unspecified atom stereocenters. The summed E-state index contributed by atoms with van der Waals surface area (Å²) in [6.45, 7) is 7.67. The van der Waals surface area contributed by atoms with Crippen molar-refractivity contribution in [2.75, 3.05) is 27.4 Å². The maximum Gasteiger partial charge on any atom is 0.220 e. The molecule has 5 heteroatoms. The van der Waals surface area contributed by atoms with E-state index in [1.807, 2.05) is 30.3 Å². The molecule has 0 bridgehead atoms. The van der Waals surface area contributed by atoms with Crippen LogP contribution in [0.3, 0.4) is 0 Å². The Labute approximate surface area is 174 Å². The zero-order valence-corrected chi connectivity index (χ0v) is 18.2. The second-order valence-corrected chi connectivity index (χ2v) is 8.02. The minimum atomic E-state index is 0.0390. The fourth-order valence-electron chi connectivity index (χ4n) is 2.94. The summed E-state index contributed by atoms with van der Waals surface area (Å²) in [7, 11) is 3.23. The second kappa shape index (κ2) is 10.7. The SMILES string of the molecule is COc1ccc(CCNC(=O)CCCOc2ccc(C(C)(C)C)cc2)cc1OC. The highest BCUT2D eigenvalue weighted by Gasteiger charge is 2.13. The van der Waals surface area contributed by atoms with Gasteiger partial charge < -0.3 is 19.5 Å². The highest BCUT2D eigenvalue weighted by atomic mass is 16.5. The largest absolute Gasteiger partial charge is 0.494 e. The van der Waals surface area contributed by atoms with E-state index in [1.165, 1.54) is 5.56 Å². The van der Waals surface area contributed by atoms with Gasteiger partial charge in [-0.15, -0.1) is 0 Å². The van der Waals surface area contributed by atoms with Crippen LogP contribution in [0.1, 0.15) is 44.7 Å². The van der Waals surface area contributed by atoms with Gasteiger partial charge in [-0.05, 0) is 53.6 Å². The summed E-state index contributed by atoms with van der Waals surface area (Å²) in [6, 6.07) is 14.0. The van der Waals surface area contributed by atoms with E-state index in [0.717, 1.165) is 17.7 Å². The molecule has 0 heterocycles. The predicted octanol–water partition coefficient (Wildman–Crippen LogP) is 4.52. The zero-order chi connectivity index (χ0) is 21.3. The average molecular weight is 400 g/mol. The van der Waals surface area contributed by atoms with Crippen LogP contribution in [0, 0.1) is 0 Å². The fraction of sp³-hybridized carbons (Fsp3) is 0.458. The summed E-state index contributed by atoms with van der Waals surface area (Å²) >= 11 is 0. The molecule has 1 N–H and O–H groups in total. The fourth-order valence-corrected chi connectivity index (χ4v) is 2.94. The molecule has 0 saturated carbocycles. The average Bonchev–Trinajstić information content (AvgIpc) is 2.70. The minimum Gasteiger partial charge on any atom is -0.494 e. The van der Waals surface area contributed by atoms with Crippen LogP contribution in [0.4, 0.5) is 0 Å². The van der Waals surface area contributed by atoms with Crippen molar-refractivity contribution in [2.24, 2.45) is 0 Å². The van der Waals surface area contributed by atoms with E-state index < -0.39 is 0 Å². The van der Waals surface area contributed by atoms with Crippen molar-refractivity contribution in [1.82, 2.24) is 5.32 Å². The molecule has 5 nitrogen and oxygen atoms in total. The van der Waals surface area contributed by atoms with Gasteiger partial charge in [0.05, 0.1) is 20.8 Å². The molecule has 2 rings (SSSR count). The third kappa shape index (κ3) is 7.33. The van der Waals surface area contributed by atoms with Crippen LogP contribution in [-0.4, -0.2) is 33.3 Å². The molecule has 0 aliphatic heterocycles. The van der Waals surface area contributed by atoms with Crippen LogP contribution < -0.4 is 19.5 Å². The van der Waals surface area contributed by atoms with E-state index in [2.05, 4.69) is 38.2 Å². The molecule has 2 aromatic rings. The van der Waals surface area contributed by atoms with Crippen molar-refractivity contribution in [3.8, 4) is 17.2 Å². The Bertz CT molecular complexity index is 778. The number of nitrogens with one attached hydrogen (secondary N) is 1. The van der Waals surface area contributed by atoms with Gasteiger partial charge >= 0.3 is 0 Å². The first-order valence-electron chi connectivity index (χ1n) is 10.0. The van der Waals surface area contributed by atoms with Crippen molar-refractivity contribution in [3.05, 3.63) is 53.6 Å². The quantitative estimate of drug-likeness (QED) is 0.597. The maximum atomic E-state index is 12.0. The van der Waals surface area contributed by atoms with Gasteiger partial charge in [0.1, 0.15) is 5.75 Å². The van der Waals surface area contributed by atoms with Gasteiger partial charge in [-0.3, -0.25) is 4.79 Å². The first-order valence-corrected chi connectivity index (χ1v) is 10.0. The first-order chi connectivity index (χ1) is 13.8. The van der Waals surface area contributed by atoms with E-state index >= 15 is 0 Å². The Morgan fingerprint density at radius 3 is 2.28 bits per heavy atom. The topological polar surface area (TPSA) is 56.8 Å². The Kier molecular flexibility index (Phi) is 8.37. The first kappa shape index (κ1) is 22.6. The van der Waals surface area contributed by atoms with E-state index in [9.17, 15) is 4.79 Å². The van der Waals surface area contributed by atoms with E-state index in [-0.39, 0.29) is 11.3 Å². The normalized spacial score (nSPS) is 11.1. The van der Waals surface area contributed by atoms with Crippen molar-refractivity contribution in [2.45, 2.75) is 45.4 Å². The van der Waals surface area contributed by atoms with Crippen LogP contribution in [0.5, 0.6) is 17.2 Å². The number of ether oxygens (including phenoxy) is 3. The number of rotatable bonds is 10. The summed E-state index contributed by atoms with van der Waals surface area (Å²) in [5, 5.41) is 2.95. The lowest BCUT2D eigenvalue weighted by Crippen LogP contribution is -2.25. The number of benzene rings is 2. The van der Waals surface area contributed by atoms with Crippen molar-refractivity contribution in [3.63, 3.8) is 0 Å². The maximum absolute atomic E-state index is 12.0. The van der Waals surface area contributed by atoms with Crippen LogP contribution in [0.25, 0.3) is 0 Å². The number of carbonyl (C=O) groups is 1. The summed E-state index contributed by atoms with van der Waals surface area (Å²) in [6.07, 6.45) is 1.87. The van der Waals surface area contributed by atoms with Gasteiger partial charge in [0.2, 0.25) is 5.91 Å². The van der Waals surface area contributed by atoms with Crippen molar-refractivity contribution < 1.29 is 19.0 Å². The summed E-state index contributed by atoms with van der Waals surface area (Å²) in [4.78, 5) is 12.0. The van der Waals surface area contributed by atoms with Gasteiger partial charge in [0.25, 0.3) is 0 Å². The van der Waals surface area contributed by atoms with Gasteiger partial charge in [0, 0.05) is 13.0 Å². The van der Waals surface area contributed by atoms with Gasteiger partial charge in [-0.2, -0.15) is 0 Å². The number of hydrogen-bond donors (Lipinski definition) is 1. The highest BCUT2D eigenvalue weighted by molar-refractivity contribution is 5.75. The standard InChI is InChI=1S/C24H33NO4/c1-24(2,3)19-9-11-20(12-10-19)29-16-6-7-23(26)25-15-14-18-8-13-21(27-4)22(17-18)28-5/h8-13,17H,6-7,14-16H2,1-5H3,(H,25,26). The van der Waals surface area contributed by atoms with E-state index in [4.69, 9.17) is 14.2 Å². The van der Waals surface area contributed by atoms with Gasteiger partial charge in [-0.25, -0.2) is 0 Å². The van der Waals surface area contributed by atoms with E-state index in [0.29, 0.717) is 37.5 Å². The Morgan fingerprint density at radius 2 is 1.66 bits per heavy atom. The van der Waals surface area contributed by atoms with Crippen LogP contribution in [0.15, 0.2) is 42.5 Å². The lowest BCUT2D eigenvalue weighted by Gasteiger charge is -2.19. The smallest absolute Gasteiger partial charge is 0.220 e. The van der Waals surface area contributed by atoms with E-state index in [1.54, 1.807) is 14.2 Å². The lowest BCUT2D eigenvalue weighted by molar-refractivity contribution is -0.121. The molecule has 0 spiro atoms. The molecule has 1 amide bonds. The molecular formula is C24H33NO4. The monoisotopic (exact) mass is 399 g/mol. The minimum absolute atomic E-state index is 0.0390. The Balaban J connectivity index is 1.65. The number of methoxy groups -OCH3 is 2. The molecule has 0 atom stereocenters. The molecular weight excluding hydrogens is 366 g/mol. The molecule has 0 aliphatic rings. The summed E-state index contributed by atoms with van der Waals surface area (Å²) in [5.74, 6) is 2.28. The third-order valence-corrected chi connectivity index (χ3v) is 4.72. The van der Waals surface area contributed by atoms with Crippen LogP contribution in [-0.2, 0) is 16.6 Å². The Hall–Kier alpha value is -2.69. The van der Waals surface area contributed by atoms with Crippen LogP contribution >= 0.6 is 0 Å². The molecule has 0 saturated heterocycles. The number of hydrogen-bond acceptors (Lipinski definition) is 4. The molecule has 0 aliphatic carbocycles. The molecule has 0 fully saturated rings. The molecule has 2 aromatic carbocycles. The predicted molar refractivity (Wildman–Crippen MR) is 116 cm³/mol. The molecule has 0 radical (unpaired) electrons. The highest BCUT2D eigenvalue weighted by Crippen LogP contribution is 2.27. The molecule has 0 aromatic heterocycles. The third-order valence-electron chi connectivity index (χ3n) is 4.72. The van der Waals surface area contributed by atoms with Gasteiger partial charge in [-0.1, -0.05) is 39.0 Å². The van der Waals surface area contributed by atoms with Gasteiger partial charge in [0.15, 0.2) is 11.5 Å². The molecule has 158 valence electrons. The van der Waals surface area contributed by atoms with Crippen molar-refractivity contribution in [1.29, 1.82) is 0 Å². The zero-order valence-electron chi connectivity index (χ0n) is 18.2. The van der Waals surface area contributed by atoms with Crippen molar-refractivity contribution >= 4 is 5.91 Å². The molecule has 29 heavy (non-hydrogen) atoms. The second-order valence-electron chi connectivity index (χ2n) is 8.02. The van der Waals surface area contributed by atoms with Crippen LogP contribution in [0.2, 0.25) is 0 Å². The summed E-state index contributed by atoms with van der Waals surface area (Å²) in [5.41, 5.74) is 2.50.